The highest BCUT2D eigenvalue weighted by atomic mass is 15.0. The van der Waals surface area contributed by atoms with Gasteiger partial charge < -0.3 is 4.90 Å². The van der Waals surface area contributed by atoms with Crippen LogP contribution < -0.4 is 4.90 Å². The van der Waals surface area contributed by atoms with E-state index in [0.717, 1.165) is 0 Å². The number of benzene rings is 1. The van der Waals surface area contributed by atoms with Crippen LogP contribution in [0, 0.1) is 0 Å². The average molecular weight is 164 g/mol. The van der Waals surface area contributed by atoms with Crippen molar-refractivity contribution in [2.75, 3.05) is 20.6 Å². The number of hydrogen-bond acceptors (Lipinski definition) is 0. The molecule has 1 aromatic carbocycles. The molecule has 0 spiro atoms. The zero-order chi connectivity index (χ0) is 8.81. The molecule has 1 nitrogen and oxygen atoms in total. The lowest BCUT2D eigenvalue weighted by Gasteiger charge is -2.06. The molecule has 0 atom stereocenters. The summed E-state index contributed by atoms with van der Waals surface area (Å²) < 4.78 is 0. The summed E-state index contributed by atoms with van der Waals surface area (Å²) in [6, 6.07) is 10.7. The zero-order valence-electron chi connectivity index (χ0n) is 8.01. The predicted molar refractivity (Wildman–Crippen MR) is 52.4 cm³/mol. The van der Waals surface area contributed by atoms with Crippen LogP contribution in [-0.2, 0) is 6.42 Å². The van der Waals surface area contributed by atoms with Crippen molar-refractivity contribution in [1.82, 2.24) is 0 Å². The largest absolute Gasteiger partial charge is 0.340 e. The quantitative estimate of drug-likeness (QED) is 0.670. The standard InChI is InChI=1S/C11H17N/c1-12(2)10-6-9-11-7-4-3-5-8-11/h3-5,7-8H,6,9-10H2,1-2H3/p+1. The second kappa shape index (κ2) is 4.94. The third-order valence-corrected chi connectivity index (χ3v) is 1.99. The Morgan fingerprint density at radius 3 is 2.33 bits per heavy atom. The van der Waals surface area contributed by atoms with Crippen LogP contribution >= 0.6 is 0 Å². The first kappa shape index (κ1) is 9.27. The van der Waals surface area contributed by atoms with E-state index in [-0.39, 0.29) is 0 Å². The predicted octanol–water partition coefficient (Wildman–Crippen LogP) is 0.764. The first-order valence-corrected chi connectivity index (χ1v) is 4.62. The molecule has 66 valence electrons. The van der Waals surface area contributed by atoms with Crippen LogP contribution in [-0.4, -0.2) is 20.6 Å². The molecule has 0 aromatic heterocycles. The van der Waals surface area contributed by atoms with E-state index in [2.05, 4.69) is 44.4 Å². The van der Waals surface area contributed by atoms with Crippen LogP contribution in [0.4, 0.5) is 0 Å². The third-order valence-electron chi connectivity index (χ3n) is 1.99. The molecule has 12 heavy (non-hydrogen) atoms. The summed E-state index contributed by atoms with van der Waals surface area (Å²) in [5.74, 6) is 0. The lowest BCUT2D eigenvalue weighted by Crippen LogP contribution is -3.05. The van der Waals surface area contributed by atoms with E-state index in [1.54, 1.807) is 0 Å². The first-order valence-electron chi connectivity index (χ1n) is 4.62. The van der Waals surface area contributed by atoms with Gasteiger partial charge in [0.25, 0.3) is 0 Å². The Balaban J connectivity index is 2.25. The van der Waals surface area contributed by atoms with Gasteiger partial charge in [0.05, 0.1) is 20.6 Å². The van der Waals surface area contributed by atoms with Crippen LogP contribution in [0.1, 0.15) is 12.0 Å². The van der Waals surface area contributed by atoms with E-state index in [1.165, 1.54) is 29.8 Å². The first-order chi connectivity index (χ1) is 5.79. The normalized spacial score (nSPS) is 10.6. The molecule has 1 heteroatoms. The Labute approximate surface area is 75.0 Å². The van der Waals surface area contributed by atoms with Gasteiger partial charge in [-0.05, 0) is 12.0 Å². The summed E-state index contributed by atoms with van der Waals surface area (Å²) in [7, 11) is 4.40. The van der Waals surface area contributed by atoms with Gasteiger partial charge in [0, 0.05) is 6.42 Å². The maximum absolute atomic E-state index is 2.20. The molecule has 1 rings (SSSR count). The van der Waals surface area contributed by atoms with Crippen LogP contribution in [0.2, 0.25) is 0 Å². The summed E-state index contributed by atoms with van der Waals surface area (Å²) in [5.41, 5.74) is 1.46. The highest BCUT2D eigenvalue weighted by molar-refractivity contribution is 5.14. The minimum Gasteiger partial charge on any atom is -0.340 e. The van der Waals surface area contributed by atoms with Gasteiger partial charge in [-0.3, -0.25) is 0 Å². The third kappa shape index (κ3) is 3.54. The molecule has 1 N–H and O–H groups in total. The van der Waals surface area contributed by atoms with Crippen LogP contribution in [0.15, 0.2) is 30.3 Å². The number of rotatable bonds is 4. The molecule has 0 aliphatic rings. The van der Waals surface area contributed by atoms with Crippen molar-refractivity contribution in [2.45, 2.75) is 12.8 Å². The van der Waals surface area contributed by atoms with E-state index in [4.69, 9.17) is 0 Å². The zero-order valence-corrected chi connectivity index (χ0v) is 8.01. The molecular weight excluding hydrogens is 146 g/mol. The molecule has 1 aromatic rings. The lowest BCUT2D eigenvalue weighted by atomic mass is 10.1. The van der Waals surface area contributed by atoms with Gasteiger partial charge in [-0.15, -0.1) is 0 Å². The summed E-state index contributed by atoms with van der Waals surface area (Å²) in [4.78, 5) is 1.53. The Morgan fingerprint density at radius 1 is 1.08 bits per heavy atom. The molecule has 0 amide bonds. The van der Waals surface area contributed by atoms with Gasteiger partial charge >= 0.3 is 0 Å². The van der Waals surface area contributed by atoms with Crippen LogP contribution in [0.25, 0.3) is 0 Å². The van der Waals surface area contributed by atoms with Gasteiger partial charge in [0.1, 0.15) is 0 Å². The minimum absolute atomic E-state index is 1.21. The second-order valence-corrected chi connectivity index (χ2v) is 3.55. The molecule has 0 aliphatic heterocycles. The van der Waals surface area contributed by atoms with Crippen molar-refractivity contribution in [3.05, 3.63) is 35.9 Å². The Kier molecular flexibility index (Phi) is 3.81. The maximum Gasteiger partial charge on any atom is 0.0770 e. The average Bonchev–Trinajstić information content (AvgIpc) is 2.05. The molecule has 0 bridgehead atoms. The van der Waals surface area contributed by atoms with E-state index in [0.29, 0.717) is 0 Å². The molecule has 0 saturated heterocycles. The van der Waals surface area contributed by atoms with Crippen molar-refractivity contribution in [3.63, 3.8) is 0 Å². The van der Waals surface area contributed by atoms with Crippen molar-refractivity contribution in [2.24, 2.45) is 0 Å². The highest BCUT2D eigenvalue weighted by Gasteiger charge is 1.94. The lowest BCUT2D eigenvalue weighted by molar-refractivity contribution is -0.858. The molecule has 0 heterocycles. The SMILES string of the molecule is C[NH+](C)CCCc1ccccc1. The van der Waals surface area contributed by atoms with Crippen LogP contribution in [0.5, 0.6) is 0 Å². The smallest absolute Gasteiger partial charge is 0.0770 e. The summed E-state index contributed by atoms with van der Waals surface area (Å²) >= 11 is 0. The van der Waals surface area contributed by atoms with E-state index >= 15 is 0 Å². The van der Waals surface area contributed by atoms with Crippen molar-refractivity contribution < 1.29 is 4.90 Å². The monoisotopic (exact) mass is 164 g/mol. The van der Waals surface area contributed by atoms with Crippen molar-refractivity contribution in [1.29, 1.82) is 0 Å². The summed E-state index contributed by atoms with van der Waals surface area (Å²) in [6.45, 7) is 1.26. The fourth-order valence-electron chi connectivity index (χ4n) is 1.29. The summed E-state index contributed by atoms with van der Waals surface area (Å²) in [5, 5.41) is 0. The topological polar surface area (TPSA) is 4.44 Å². The molecule has 0 fully saturated rings. The second-order valence-electron chi connectivity index (χ2n) is 3.55. The van der Waals surface area contributed by atoms with Gasteiger partial charge in [0.15, 0.2) is 0 Å². The van der Waals surface area contributed by atoms with Gasteiger partial charge in [-0.1, -0.05) is 30.3 Å². The van der Waals surface area contributed by atoms with Gasteiger partial charge in [0.2, 0.25) is 0 Å². The fraction of sp³-hybridized carbons (Fsp3) is 0.455. The van der Waals surface area contributed by atoms with Crippen molar-refractivity contribution in [3.8, 4) is 0 Å². The number of aryl methyl sites for hydroxylation is 1. The number of quaternary nitrogens is 1. The van der Waals surface area contributed by atoms with Crippen LogP contribution in [0.3, 0.4) is 0 Å². The molecule has 0 saturated carbocycles. The summed E-state index contributed by atoms with van der Waals surface area (Å²) in [6.07, 6.45) is 2.50. The Bertz CT molecular complexity index is 204. The number of nitrogens with one attached hydrogen (secondary N) is 1. The van der Waals surface area contributed by atoms with Gasteiger partial charge in [-0.25, -0.2) is 0 Å². The maximum atomic E-state index is 2.20. The molecular formula is C11H18N+. The Hall–Kier alpha value is -0.820. The molecule has 0 radical (unpaired) electrons. The highest BCUT2D eigenvalue weighted by Crippen LogP contribution is 2.00. The van der Waals surface area contributed by atoms with Crippen molar-refractivity contribution >= 4 is 0 Å². The Morgan fingerprint density at radius 2 is 1.75 bits per heavy atom. The van der Waals surface area contributed by atoms with E-state index in [1.807, 2.05) is 0 Å². The van der Waals surface area contributed by atoms with Gasteiger partial charge in [-0.2, -0.15) is 0 Å². The minimum atomic E-state index is 1.21. The molecule has 0 aliphatic carbocycles. The van der Waals surface area contributed by atoms with E-state index < -0.39 is 0 Å². The van der Waals surface area contributed by atoms with E-state index in [9.17, 15) is 0 Å². The fourth-order valence-corrected chi connectivity index (χ4v) is 1.29. The number of hydrogen-bond donors (Lipinski definition) is 1. The molecule has 0 unspecified atom stereocenters.